The van der Waals surface area contributed by atoms with E-state index in [0.717, 1.165) is 15.8 Å². The number of rotatable bonds is 1. The largest absolute Gasteiger partial charge is 0.464 e. The quantitative estimate of drug-likeness (QED) is 0.740. The standard InChI is InChI=1S/C10H6BrClO/c11-9-4-3-7(12)6-8(9)10-2-1-5-13-10/h1-6H. The highest BCUT2D eigenvalue weighted by molar-refractivity contribution is 9.10. The summed E-state index contributed by atoms with van der Waals surface area (Å²) in [4.78, 5) is 0. The van der Waals surface area contributed by atoms with Crippen LogP contribution in [-0.4, -0.2) is 0 Å². The fourth-order valence-electron chi connectivity index (χ4n) is 1.12. The molecule has 0 radical (unpaired) electrons. The molecule has 13 heavy (non-hydrogen) atoms. The molecule has 66 valence electrons. The molecule has 0 saturated heterocycles. The van der Waals surface area contributed by atoms with Crippen molar-refractivity contribution in [1.29, 1.82) is 0 Å². The van der Waals surface area contributed by atoms with Crippen LogP contribution in [0.5, 0.6) is 0 Å². The van der Waals surface area contributed by atoms with E-state index in [1.54, 1.807) is 6.26 Å². The van der Waals surface area contributed by atoms with E-state index >= 15 is 0 Å². The summed E-state index contributed by atoms with van der Waals surface area (Å²) >= 11 is 9.30. The van der Waals surface area contributed by atoms with Gasteiger partial charge in [0.25, 0.3) is 0 Å². The molecule has 0 saturated carbocycles. The van der Waals surface area contributed by atoms with E-state index in [4.69, 9.17) is 16.0 Å². The van der Waals surface area contributed by atoms with Crippen molar-refractivity contribution in [3.63, 3.8) is 0 Å². The SMILES string of the molecule is Clc1ccc(Br)c(-c2ccco2)c1. The number of hydrogen-bond donors (Lipinski definition) is 0. The monoisotopic (exact) mass is 256 g/mol. The van der Waals surface area contributed by atoms with Crippen LogP contribution in [-0.2, 0) is 0 Å². The van der Waals surface area contributed by atoms with Crippen LogP contribution in [0.1, 0.15) is 0 Å². The molecule has 3 heteroatoms. The Morgan fingerprint density at radius 3 is 2.77 bits per heavy atom. The van der Waals surface area contributed by atoms with E-state index in [1.165, 1.54) is 0 Å². The summed E-state index contributed by atoms with van der Waals surface area (Å²) in [5.74, 6) is 0.814. The van der Waals surface area contributed by atoms with Crippen molar-refractivity contribution in [1.82, 2.24) is 0 Å². The molecule has 1 aromatic heterocycles. The van der Waals surface area contributed by atoms with Gasteiger partial charge < -0.3 is 4.42 Å². The zero-order valence-corrected chi connectivity index (χ0v) is 8.97. The predicted octanol–water partition coefficient (Wildman–Crippen LogP) is 4.36. The number of hydrogen-bond acceptors (Lipinski definition) is 1. The molecular formula is C10H6BrClO. The Morgan fingerprint density at radius 1 is 1.23 bits per heavy atom. The molecular weight excluding hydrogens is 251 g/mol. The molecule has 1 heterocycles. The molecule has 0 amide bonds. The second kappa shape index (κ2) is 3.56. The molecule has 0 aliphatic carbocycles. The summed E-state index contributed by atoms with van der Waals surface area (Å²) in [5.41, 5.74) is 0.970. The van der Waals surface area contributed by atoms with Crippen LogP contribution in [0.3, 0.4) is 0 Å². The third-order valence-electron chi connectivity index (χ3n) is 1.72. The van der Waals surface area contributed by atoms with Crippen LogP contribution in [0.2, 0.25) is 5.02 Å². The van der Waals surface area contributed by atoms with Crippen molar-refractivity contribution >= 4 is 27.5 Å². The summed E-state index contributed by atoms with van der Waals surface area (Å²) in [5, 5.41) is 0.703. The number of benzene rings is 1. The van der Waals surface area contributed by atoms with Crippen molar-refractivity contribution < 1.29 is 4.42 Å². The van der Waals surface area contributed by atoms with Gasteiger partial charge in [0.05, 0.1) is 6.26 Å². The molecule has 1 nitrogen and oxygen atoms in total. The van der Waals surface area contributed by atoms with Crippen molar-refractivity contribution in [2.75, 3.05) is 0 Å². The van der Waals surface area contributed by atoms with Gasteiger partial charge in [0, 0.05) is 15.1 Å². The van der Waals surface area contributed by atoms with E-state index in [9.17, 15) is 0 Å². The lowest BCUT2D eigenvalue weighted by Gasteiger charge is -2.00. The Morgan fingerprint density at radius 2 is 2.08 bits per heavy atom. The van der Waals surface area contributed by atoms with Crippen molar-refractivity contribution in [3.8, 4) is 11.3 Å². The van der Waals surface area contributed by atoms with Gasteiger partial charge in [0.15, 0.2) is 0 Å². The van der Waals surface area contributed by atoms with E-state index in [1.807, 2.05) is 30.3 Å². The molecule has 0 unspecified atom stereocenters. The van der Waals surface area contributed by atoms with Gasteiger partial charge in [-0.1, -0.05) is 27.5 Å². The molecule has 2 rings (SSSR count). The van der Waals surface area contributed by atoms with Gasteiger partial charge in [-0.2, -0.15) is 0 Å². The van der Waals surface area contributed by atoms with Crippen LogP contribution in [0.25, 0.3) is 11.3 Å². The summed E-state index contributed by atoms with van der Waals surface area (Å²) in [6, 6.07) is 9.35. The molecule has 0 fully saturated rings. The van der Waals surface area contributed by atoms with Crippen molar-refractivity contribution in [3.05, 3.63) is 46.1 Å². The Bertz CT molecular complexity index is 409. The minimum Gasteiger partial charge on any atom is -0.464 e. The average Bonchev–Trinajstić information content (AvgIpc) is 2.61. The molecule has 0 aliphatic heterocycles. The average molecular weight is 258 g/mol. The Kier molecular flexibility index (Phi) is 2.42. The van der Waals surface area contributed by atoms with Crippen molar-refractivity contribution in [2.24, 2.45) is 0 Å². The predicted molar refractivity (Wildman–Crippen MR) is 56.9 cm³/mol. The van der Waals surface area contributed by atoms with Crippen LogP contribution in [0.15, 0.2) is 45.5 Å². The molecule has 0 atom stereocenters. The molecule has 0 aliphatic rings. The lowest BCUT2D eigenvalue weighted by atomic mass is 10.2. The maximum atomic E-state index is 5.87. The molecule has 0 bridgehead atoms. The highest BCUT2D eigenvalue weighted by Gasteiger charge is 2.05. The lowest BCUT2D eigenvalue weighted by Crippen LogP contribution is -1.76. The zero-order chi connectivity index (χ0) is 9.26. The first-order chi connectivity index (χ1) is 6.27. The molecule has 2 aromatic rings. The van der Waals surface area contributed by atoms with Gasteiger partial charge in [0.2, 0.25) is 0 Å². The van der Waals surface area contributed by atoms with Gasteiger partial charge >= 0.3 is 0 Å². The molecule has 0 N–H and O–H groups in total. The third-order valence-corrected chi connectivity index (χ3v) is 2.64. The second-order valence-electron chi connectivity index (χ2n) is 2.60. The van der Waals surface area contributed by atoms with E-state index < -0.39 is 0 Å². The van der Waals surface area contributed by atoms with Crippen LogP contribution < -0.4 is 0 Å². The maximum Gasteiger partial charge on any atom is 0.135 e. The topological polar surface area (TPSA) is 13.1 Å². The lowest BCUT2D eigenvalue weighted by molar-refractivity contribution is 0.582. The summed E-state index contributed by atoms with van der Waals surface area (Å²) in [6.07, 6.45) is 1.64. The smallest absolute Gasteiger partial charge is 0.135 e. The Labute approximate surface area is 89.5 Å². The summed E-state index contributed by atoms with van der Waals surface area (Å²) in [7, 11) is 0. The maximum absolute atomic E-state index is 5.87. The highest BCUT2D eigenvalue weighted by atomic mass is 79.9. The van der Waals surface area contributed by atoms with E-state index in [-0.39, 0.29) is 0 Å². The molecule has 1 aromatic carbocycles. The van der Waals surface area contributed by atoms with Crippen molar-refractivity contribution in [2.45, 2.75) is 0 Å². The van der Waals surface area contributed by atoms with Crippen LogP contribution >= 0.6 is 27.5 Å². The fraction of sp³-hybridized carbons (Fsp3) is 0. The summed E-state index contributed by atoms with van der Waals surface area (Å²) in [6.45, 7) is 0. The third kappa shape index (κ3) is 1.79. The van der Waals surface area contributed by atoms with Gasteiger partial charge in [-0.25, -0.2) is 0 Å². The van der Waals surface area contributed by atoms with E-state index in [2.05, 4.69) is 15.9 Å². The molecule has 0 spiro atoms. The van der Waals surface area contributed by atoms with Gasteiger partial charge in [-0.3, -0.25) is 0 Å². The van der Waals surface area contributed by atoms with Gasteiger partial charge in [-0.15, -0.1) is 0 Å². The van der Waals surface area contributed by atoms with E-state index in [0.29, 0.717) is 5.02 Å². The Balaban J connectivity index is 2.57. The minimum absolute atomic E-state index is 0.703. The van der Waals surface area contributed by atoms with Gasteiger partial charge in [-0.05, 0) is 30.3 Å². The van der Waals surface area contributed by atoms with Gasteiger partial charge in [0.1, 0.15) is 5.76 Å². The summed E-state index contributed by atoms with van der Waals surface area (Å²) < 4.78 is 6.25. The normalized spacial score (nSPS) is 10.3. The Hall–Kier alpha value is -0.730. The first-order valence-electron chi connectivity index (χ1n) is 3.76. The highest BCUT2D eigenvalue weighted by Crippen LogP contribution is 2.30. The van der Waals surface area contributed by atoms with Crippen LogP contribution in [0.4, 0.5) is 0 Å². The zero-order valence-electron chi connectivity index (χ0n) is 6.63. The minimum atomic E-state index is 0.703. The number of furan rings is 1. The first kappa shape index (κ1) is 8.85. The van der Waals surface area contributed by atoms with Crippen LogP contribution in [0, 0.1) is 0 Å². The number of halogens is 2. The fourth-order valence-corrected chi connectivity index (χ4v) is 1.73. The first-order valence-corrected chi connectivity index (χ1v) is 4.93. The second-order valence-corrected chi connectivity index (χ2v) is 3.89.